The van der Waals surface area contributed by atoms with E-state index in [4.69, 9.17) is 14.7 Å². The van der Waals surface area contributed by atoms with Crippen LogP contribution in [0.2, 0.25) is 0 Å². The molecule has 2 unspecified atom stereocenters. The second-order valence-corrected chi connectivity index (χ2v) is 7.04. The van der Waals surface area contributed by atoms with E-state index < -0.39 is 0 Å². The van der Waals surface area contributed by atoms with Crippen molar-refractivity contribution in [1.29, 1.82) is 0 Å². The second-order valence-electron chi connectivity index (χ2n) is 7.04. The monoisotopic (exact) mass is 365 g/mol. The molecule has 3 aromatic rings. The number of anilines is 2. The van der Waals surface area contributed by atoms with Crippen LogP contribution in [0.5, 0.6) is 0 Å². The molecule has 3 heterocycles. The van der Waals surface area contributed by atoms with Crippen LogP contribution in [0.4, 0.5) is 11.5 Å². The topological polar surface area (TPSA) is 72.3 Å². The van der Waals surface area contributed by atoms with Gasteiger partial charge in [0.25, 0.3) is 0 Å². The molecule has 140 valence electrons. The van der Waals surface area contributed by atoms with Crippen LogP contribution in [-0.2, 0) is 16.6 Å². The van der Waals surface area contributed by atoms with Gasteiger partial charge >= 0.3 is 0 Å². The van der Waals surface area contributed by atoms with Gasteiger partial charge in [-0.1, -0.05) is 12.1 Å². The van der Waals surface area contributed by atoms with E-state index in [1.807, 2.05) is 43.6 Å². The number of carbonyl (C=O) groups is 1. The average molecular weight is 365 g/mol. The minimum atomic E-state index is 0.141. The fourth-order valence-corrected chi connectivity index (χ4v) is 3.69. The molecule has 4 rings (SSSR count). The quantitative estimate of drug-likeness (QED) is 0.720. The Hall–Kier alpha value is -2.93. The Morgan fingerprint density at radius 3 is 2.70 bits per heavy atom. The molecule has 0 spiro atoms. The van der Waals surface area contributed by atoms with Crippen molar-refractivity contribution in [3.63, 3.8) is 0 Å². The van der Waals surface area contributed by atoms with E-state index in [1.165, 1.54) is 0 Å². The number of aryl methyl sites for hydroxylation is 1. The number of hydrogen-bond donors (Lipinski definition) is 1. The Labute approximate surface area is 158 Å². The molecule has 0 aliphatic carbocycles. The molecule has 1 saturated heterocycles. The lowest BCUT2D eigenvalue weighted by atomic mass is 10.1. The Morgan fingerprint density at radius 1 is 1.19 bits per heavy atom. The van der Waals surface area contributed by atoms with Crippen LogP contribution >= 0.6 is 0 Å². The number of ether oxygens (including phenoxy) is 1. The van der Waals surface area contributed by atoms with Gasteiger partial charge in [0.1, 0.15) is 5.52 Å². The van der Waals surface area contributed by atoms with E-state index >= 15 is 0 Å². The van der Waals surface area contributed by atoms with Crippen molar-refractivity contribution >= 4 is 28.9 Å². The van der Waals surface area contributed by atoms with Gasteiger partial charge in [0.05, 0.1) is 17.7 Å². The van der Waals surface area contributed by atoms with E-state index in [-0.39, 0.29) is 12.2 Å². The highest BCUT2D eigenvalue weighted by Gasteiger charge is 2.26. The number of benzene rings is 1. The van der Waals surface area contributed by atoms with E-state index in [9.17, 15) is 4.79 Å². The molecule has 7 nitrogen and oxygen atoms in total. The number of nitrogens with zero attached hydrogens (tertiary/aromatic N) is 4. The van der Waals surface area contributed by atoms with Crippen molar-refractivity contribution in [2.24, 2.45) is 7.05 Å². The SMILES string of the molecule is CC1CN(c2nc(-c3cccc(NC=O)c3)nc3ccn(C)c23)CC(C)O1. The third-order valence-electron chi connectivity index (χ3n) is 4.77. The number of morpholine rings is 1. The lowest BCUT2D eigenvalue weighted by Gasteiger charge is -2.36. The van der Waals surface area contributed by atoms with Gasteiger partial charge in [-0.15, -0.1) is 0 Å². The van der Waals surface area contributed by atoms with Gasteiger partial charge in [0.2, 0.25) is 6.41 Å². The van der Waals surface area contributed by atoms with Crippen LogP contribution in [0.3, 0.4) is 0 Å². The van der Waals surface area contributed by atoms with E-state index in [2.05, 4.69) is 28.6 Å². The fraction of sp³-hybridized carbons (Fsp3) is 0.350. The summed E-state index contributed by atoms with van der Waals surface area (Å²) in [7, 11) is 2.01. The van der Waals surface area contributed by atoms with Gasteiger partial charge in [-0.25, -0.2) is 9.97 Å². The predicted molar refractivity (Wildman–Crippen MR) is 106 cm³/mol. The summed E-state index contributed by atoms with van der Waals surface area (Å²) in [5.41, 5.74) is 3.50. The molecule has 1 fully saturated rings. The van der Waals surface area contributed by atoms with Crippen LogP contribution in [0.15, 0.2) is 36.5 Å². The second kappa shape index (κ2) is 7.00. The molecule has 27 heavy (non-hydrogen) atoms. The van der Waals surface area contributed by atoms with Crippen LogP contribution in [0.1, 0.15) is 13.8 Å². The Balaban J connectivity index is 1.84. The summed E-state index contributed by atoms with van der Waals surface area (Å²) in [6.07, 6.45) is 2.96. The number of carbonyl (C=O) groups excluding carboxylic acids is 1. The maximum absolute atomic E-state index is 10.8. The number of amides is 1. The zero-order chi connectivity index (χ0) is 19.0. The largest absolute Gasteiger partial charge is 0.372 e. The molecule has 1 aliphatic rings. The van der Waals surface area contributed by atoms with Gasteiger partial charge in [-0.05, 0) is 32.0 Å². The normalized spacial score (nSPS) is 20.0. The molecular weight excluding hydrogens is 342 g/mol. The van der Waals surface area contributed by atoms with Gasteiger partial charge in [-0.2, -0.15) is 0 Å². The third-order valence-corrected chi connectivity index (χ3v) is 4.77. The molecular formula is C20H23N5O2. The zero-order valence-electron chi connectivity index (χ0n) is 15.7. The highest BCUT2D eigenvalue weighted by Crippen LogP contribution is 2.30. The molecule has 0 saturated carbocycles. The van der Waals surface area contributed by atoms with Crippen molar-refractivity contribution in [2.75, 3.05) is 23.3 Å². The number of rotatable bonds is 4. The van der Waals surface area contributed by atoms with Gasteiger partial charge in [0.15, 0.2) is 11.6 Å². The smallest absolute Gasteiger partial charge is 0.211 e. The summed E-state index contributed by atoms with van der Waals surface area (Å²) in [6.45, 7) is 5.74. The first kappa shape index (κ1) is 17.5. The lowest BCUT2D eigenvalue weighted by Crippen LogP contribution is -2.46. The molecule has 7 heteroatoms. The molecule has 2 aromatic heterocycles. The summed E-state index contributed by atoms with van der Waals surface area (Å²) in [5.74, 6) is 1.56. The van der Waals surface area contributed by atoms with Gasteiger partial charge in [0, 0.05) is 37.6 Å². The molecule has 1 aromatic carbocycles. The molecule has 0 radical (unpaired) electrons. The number of aromatic nitrogens is 3. The van der Waals surface area contributed by atoms with Crippen molar-refractivity contribution in [2.45, 2.75) is 26.1 Å². The predicted octanol–water partition coefficient (Wildman–Crippen LogP) is 2.82. The minimum Gasteiger partial charge on any atom is -0.372 e. The average Bonchev–Trinajstić information content (AvgIpc) is 3.02. The van der Waals surface area contributed by atoms with Crippen molar-refractivity contribution in [3.05, 3.63) is 36.5 Å². The highest BCUT2D eigenvalue weighted by molar-refractivity contribution is 5.89. The first-order valence-corrected chi connectivity index (χ1v) is 9.09. The van der Waals surface area contributed by atoms with Crippen molar-refractivity contribution < 1.29 is 9.53 Å². The fourth-order valence-electron chi connectivity index (χ4n) is 3.69. The zero-order valence-corrected chi connectivity index (χ0v) is 15.7. The standard InChI is InChI=1S/C20H23N5O2/c1-13-10-25(11-14(2)27-13)20-18-17(7-8-24(18)3)22-19(23-20)15-5-4-6-16(9-15)21-12-26/h4-9,12-14H,10-11H2,1-3H3,(H,21,26). The lowest BCUT2D eigenvalue weighted by molar-refractivity contribution is -0.105. The maximum atomic E-state index is 10.8. The molecule has 1 N–H and O–H groups in total. The van der Waals surface area contributed by atoms with E-state index in [0.717, 1.165) is 41.2 Å². The highest BCUT2D eigenvalue weighted by atomic mass is 16.5. The summed E-state index contributed by atoms with van der Waals surface area (Å²) < 4.78 is 7.95. The number of nitrogens with one attached hydrogen (secondary N) is 1. The van der Waals surface area contributed by atoms with Crippen molar-refractivity contribution in [1.82, 2.24) is 14.5 Å². The van der Waals surface area contributed by atoms with Crippen LogP contribution in [0.25, 0.3) is 22.4 Å². The summed E-state index contributed by atoms with van der Waals surface area (Å²) in [6, 6.07) is 9.57. The minimum absolute atomic E-state index is 0.141. The summed E-state index contributed by atoms with van der Waals surface area (Å²) in [4.78, 5) is 22.7. The van der Waals surface area contributed by atoms with Gasteiger partial charge in [-0.3, -0.25) is 4.79 Å². The van der Waals surface area contributed by atoms with Crippen LogP contribution in [-0.4, -0.2) is 46.2 Å². The van der Waals surface area contributed by atoms with Crippen LogP contribution in [0, 0.1) is 0 Å². The molecule has 1 aliphatic heterocycles. The first-order valence-electron chi connectivity index (χ1n) is 9.09. The Kier molecular flexibility index (Phi) is 4.53. The van der Waals surface area contributed by atoms with E-state index in [0.29, 0.717) is 12.2 Å². The van der Waals surface area contributed by atoms with Gasteiger partial charge < -0.3 is 19.5 Å². The summed E-state index contributed by atoms with van der Waals surface area (Å²) >= 11 is 0. The number of hydrogen-bond acceptors (Lipinski definition) is 5. The molecule has 1 amide bonds. The van der Waals surface area contributed by atoms with Crippen LogP contribution < -0.4 is 10.2 Å². The summed E-state index contributed by atoms with van der Waals surface area (Å²) in [5, 5.41) is 2.68. The van der Waals surface area contributed by atoms with E-state index in [1.54, 1.807) is 0 Å². The Morgan fingerprint density at radius 2 is 1.96 bits per heavy atom. The molecule has 0 bridgehead atoms. The Bertz CT molecular complexity index is 974. The maximum Gasteiger partial charge on any atom is 0.211 e. The third kappa shape index (κ3) is 3.38. The molecule has 2 atom stereocenters. The first-order chi connectivity index (χ1) is 13.0. The number of fused-ring (bicyclic) bond motifs is 1. The van der Waals surface area contributed by atoms with Crippen molar-refractivity contribution in [3.8, 4) is 11.4 Å².